The molecular weight excluding hydrogens is 443 g/mol. The maximum Gasteiger partial charge on any atom is 0.407 e. The van der Waals surface area contributed by atoms with E-state index in [1.807, 2.05) is 0 Å². The molecule has 1 aliphatic heterocycles. The van der Waals surface area contributed by atoms with Crippen molar-refractivity contribution in [1.29, 1.82) is 0 Å². The van der Waals surface area contributed by atoms with Crippen molar-refractivity contribution in [1.82, 2.24) is 20.1 Å². The minimum atomic E-state index is -0.891. The fraction of sp³-hybridized carbons (Fsp3) is 0.417. The summed E-state index contributed by atoms with van der Waals surface area (Å²) in [5.74, 6) is -1.14. The number of hydrogen-bond acceptors (Lipinski definition) is 4. The lowest BCUT2D eigenvalue weighted by atomic mass is 9.92. The molecule has 1 aromatic heterocycles. The van der Waals surface area contributed by atoms with Gasteiger partial charge in [-0.1, -0.05) is 18.2 Å². The summed E-state index contributed by atoms with van der Waals surface area (Å²) in [4.78, 5) is 50.1. The normalized spacial score (nSPS) is 14.0. The summed E-state index contributed by atoms with van der Waals surface area (Å²) in [6, 6.07) is 7.25. The lowest BCUT2D eigenvalue weighted by Gasteiger charge is -2.29. The van der Waals surface area contributed by atoms with Crippen LogP contribution in [0.4, 0.5) is 9.18 Å². The zero-order chi connectivity index (χ0) is 24.7. The van der Waals surface area contributed by atoms with E-state index in [1.54, 1.807) is 6.07 Å². The molecule has 1 aromatic carbocycles. The van der Waals surface area contributed by atoms with E-state index in [1.165, 1.54) is 42.4 Å². The zero-order valence-corrected chi connectivity index (χ0v) is 19.1. The molecule has 0 atom stereocenters. The molecule has 1 fully saturated rings. The molecule has 0 radical (unpaired) electrons. The largest absolute Gasteiger partial charge is 0.465 e. The number of carbonyl (C=O) groups is 3. The topological polar surface area (TPSA) is 121 Å². The Morgan fingerprint density at radius 2 is 1.85 bits per heavy atom. The molecule has 3 N–H and O–H groups in total. The van der Waals surface area contributed by atoms with E-state index in [0.29, 0.717) is 25.6 Å². The minimum Gasteiger partial charge on any atom is -0.465 e. The molecule has 1 aliphatic rings. The van der Waals surface area contributed by atoms with Crippen LogP contribution in [0.2, 0.25) is 0 Å². The second kappa shape index (κ2) is 11.4. The Bertz CT molecular complexity index is 1110. The molecule has 3 rings (SSSR count). The van der Waals surface area contributed by atoms with Crippen LogP contribution in [0.25, 0.3) is 0 Å². The number of piperidine rings is 1. The van der Waals surface area contributed by atoms with E-state index in [0.717, 1.165) is 30.3 Å². The Morgan fingerprint density at radius 1 is 1.15 bits per heavy atom. The van der Waals surface area contributed by atoms with Gasteiger partial charge in [0.05, 0.1) is 12.1 Å². The van der Waals surface area contributed by atoms with Crippen LogP contribution in [0.3, 0.4) is 0 Å². The van der Waals surface area contributed by atoms with Crippen LogP contribution in [0, 0.1) is 11.7 Å². The monoisotopic (exact) mass is 472 g/mol. The second-order valence-electron chi connectivity index (χ2n) is 8.36. The first kappa shape index (κ1) is 24.9. The van der Waals surface area contributed by atoms with E-state index in [9.17, 15) is 23.6 Å². The zero-order valence-electron chi connectivity index (χ0n) is 19.1. The van der Waals surface area contributed by atoms with Gasteiger partial charge < -0.3 is 25.2 Å². The first-order chi connectivity index (χ1) is 16.3. The molecule has 0 aliphatic carbocycles. The minimum absolute atomic E-state index is 0.119. The van der Waals surface area contributed by atoms with Crippen LogP contribution in [-0.2, 0) is 6.54 Å². The molecule has 2 heterocycles. The van der Waals surface area contributed by atoms with Crippen LogP contribution >= 0.6 is 0 Å². The number of carbonyl (C=O) groups excluding carboxylic acids is 2. The number of benzene rings is 1. The van der Waals surface area contributed by atoms with E-state index < -0.39 is 29.3 Å². The van der Waals surface area contributed by atoms with Crippen LogP contribution in [0.1, 0.15) is 52.0 Å². The summed E-state index contributed by atoms with van der Waals surface area (Å²) in [6.07, 6.45) is 3.63. The van der Waals surface area contributed by atoms with E-state index in [2.05, 4.69) is 10.6 Å². The van der Waals surface area contributed by atoms with E-state index in [4.69, 9.17) is 5.11 Å². The number of rotatable bonds is 8. The Morgan fingerprint density at radius 3 is 2.50 bits per heavy atom. The molecule has 0 unspecified atom stereocenters. The van der Waals surface area contributed by atoms with Crippen molar-refractivity contribution >= 4 is 17.9 Å². The summed E-state index contributed by atoms with van der Waals surface area (Å²) >= 11 is 0. The van der Waals surface area contributed by atoms with Crippen molar-refractivity contribution in [3.63, 3.8) is 0 Å². The number of nitrogens with one attached hydrogen (secondary N) is 2. The van der Waals surface area contributed by atoms with Crippen molar-refractivity contribution in [2.24, 2.45) is 5.92 Å². The molecule has 0 saturated carbocycles. The first-order valence-corrected chi connectivity index (χ1v) is 11.3. The van der Waals surface area contributed by atoms with Crippen LogP contribution in [0.5, 0.6) is 0 Å². The van der Waals surface area contributed by atoms with Gasteiger partial charge in [-0.3, -0.25) is 14.4 Å². The third kappa shape index (κ3) is 6.21. The van der Waals surface area contributed by atoms with Gasteiger partial charge in [0, 0.05) is 38.4 Å². The quantitative estimate of drug-likeness (QED) is 0.509. The molecule has 0 bridgehead atoms. The third-order valence-electron chi connectivity index (χ3n) is 6.08. The Kier molecular flexibility index (Phi) is 8.39. The molecular formula is C24H29FN4O5. The smallest absolute Gasteiger partial charge is 0.407 e. The van der Waals surface area contributed by atoms with Gasteiger partial charge >= 0.3 is 6.09 Å². The maximum atomic E-state index is 14.1. The van der Waals surface area contributed by atoms with E-state index in [-0.39, 0.29) is 23.2 Å². The second-order valence-corrected chi connectivity index (χ2v) is 8.36. The average Bonchev–Trinajstić information content (AvgIpc) is 2.84. The fourth-order valence-corrected chi connectivity index (χ4v) is 4.09. The van der Waals surface area contributed by atoms with Crippen molar-refractivity contribution in [3.05, 3.63) is 69.4 Å². The van der Waals surface area contributed by atoms with Crippen molar-refractivity contribution in [2.45, 2.75) is 32.2 Å². The molecule has 9 nitrogen and oxygen atoms in total. The summed E-state index contributed by atoms with van der Waals surface area (Å²) in [5.41, 5.74) is -0.424. The molecule has 1 saturated heterocycles. The van der Waals surface area contributed by atoms with Gasteiger partial charge in [0.15, 0.2) is 0 Å². The van der Waals surface area contributed by atoms with Gasteiger partial charge in [-0.2, -0.15) is 0 Å². The molecule has 3 amide bonds. The van der Waals surface area contributed by atoms with Crippen molar-refractivity contribution < 1.29 is 23.9 Å². The first-order valence-electron chi connectivity index (χ1n) is 11.3. The number of amides is 3. The number of halogens is 1. The molecule has 2 aromatic rings. The number of pyridine rings is 1. The van der Waals surface area contributed by atoms with Gasteiger partial charge in [0.25, 0.3) is 17.4 Å². The van der Waals surface area contributed by atoms with Gasteiger partial charge in [0.2, 0.25) is 0 Å². The molecule has 10 heteroatoms. The predicted molar refractivity (Wildman–Crippen MR) is 123 cm³/mol. The van der Waals surface area contributed by atoms with Gasteiger partial charge in [-0.25, -0.2) is 9.18 Å². The van der Waals surface area contributed by atoms with Gasteiger partial charge in [-0.15, -0.1) is 0 Å². The number of likely N-dealkylation sites (tertiary alicyclic amines) is 1. The van der Waals surface area contributed by atoms with Crippen LogP contribution in [0.15, 0.2) is 41.3 Å². The van der Waals surface area contributed by atoms with Gasteiger partial charge in [0.1, 0.15) is 11.4 Å². The summed E-state index contributed by atoms with van der Waals surface area (Å²) in [5, 5.41) is 14.2. The summed E-state index contributed by atoms with van der Waals surface area (Å²) in [6.45, 7) is 1.34. The highest BCUT2D eigenvalue weighted by Crippen LogP contribution is 2.21. The SMILES string of the molecule is CNC(=O)c1cc(C(=O)NCCCC2CCN(C(=O)O)CC2)cn(Cc2ccccc2F)c1=O. The fourth-order valence-electron chi connectivity index (χ4n) is 4.09. The lowest BCUT2D eigenvalue weighted by Crippen LogP contribution is -2.37. The highest BCUT2D eigenvalue weighted by Gasteiger charge is 2.22. The summed E-state index contributed by atoms with van der Waals surface area (Å²) < 4.78 is 15.3. The highest BCUT2D eigenvalue weighted by molar-refractivity contribution is 5.99. The Balaban J connectivity index is 1.65. The standard InChI is InChI=1S/C24H29FN4O5/c1-26-22(31)19-13-18(15-29(23(19)32)14-17-6-2-3-7-20(17)25)21(30)27-10-4-5-16-8-11-28(12-9-16)24(33)34/h2-3,6-7,13,15-16H,4-5,8-12,14H2,1H3,(H,26,31)(H,27,30)(H,33,34). The maximum absolute atomic E-state index is 14.1. The number of nitrogens with zero attached hydrogens (tertiary/aromatic N) is 2. The number of aromatic nitrogens is 1. The molecule has 182 valence electrons. The van der Waals surface area contributed by atoms with E-state index >= 15 is 0 Å². The van der Waals surface area contributed by atoms with Crippen LogP contribution in [-0.4, -0.2) is 59.2 Å². The third-order valence-corrected chi connectivity index (χ3v) is 6.08. The summed E-state index contributed by atoms with van der Waals surface area (Å²) in [7, 11) is 1.39. The average molecular weight is 473 g/mol. The molecule has 0 spiro atoms. The number of hydrogen-bond donors (Lipinski definition) is 3. The molecule has 34 heavy (non-hydrogen) atoms. The Hall–Kier alpha value is -3.69. The highest BCUT2D eigenvalue weighted by atomic mass is 19.1. The van der Waals surface area contributed by atoms with Gasteiger partial charge in [-0.05, 0) is 43.7 Å². The number of carboxylic acid groups (broad SMARTS) is 1. The van der Waals surface area contributed by atoms with Crippen molar-refractivity contribution in [3.8, 4) is 0 Å². The van der Waals surface area contributed by atoms with Crippen molar-refractivity contribution in [2.75, 3.05) is 26.7 Å². The lowest BCUT2D eigenvalue weighted by molar-refractivity contribution is 0.0948. The Labute approximate surface area is 196 Å². The van der Waals surface area contributed by atoms with Crippen LogP contribution < -0.4 is 16.2 Å². The predicted octanol–water partition coefficient (Wildman–Crippen LogP) is 2.30.